The van der Waals surface area contributed by atoms with Crippen LogP contribution in [-0.4, -0.2) is 74.1 Å². The van der Waals surface area contributed by atoms with Crippen molar-refractivity contribution in [3.63, 3.8) is 0 Å². The molecule has 1 saturated heterocycles. The number of fused-ring (bicyclic) bond motifs is 1. The van der Waals surface area contributed by atoms with Gasteiger partial charge in [0.15, 0.2) is 11.5 Å². The van der Waals surface area contributed by atoms with Gasteiger partial charge in [0.05, 0.1) is 14.2 Å². The Bertz CT molecular complexity index is 861. The number of hydrogen-bond acceptors (Lipinski definition) is 6. The van der Waals surface area contributed by atoms with Crippen LogP contribution in [0.3, 0.4) is 0 Å². The topological polar surface area (TPSA) is 45.2 Å². The highest BCUT2D eigenvalue weighted by Gasteiger charge is 2.23. The van der Waals surface area contributed by atoms with Gasteiger partial charge in [-0.2, -0.15) is 0 Å². The van der Waals surface area contributed by atoms with Gasteiger partial charge < -0.3 is 19.3 Å². The Morgan fingerprint density at radius 2 is 1.77 bits per heavy atom. The summed E-state index contributed by atoms with van der Waals surface area (Å²) < 4.78 is 10.7. The van der Waals surface area contributed by atoms with Gasteiger partial charge in [0.25, 0.3) is 0 Å². The molecule has 1 aromatic heterocycles. The molecule has 0 spiro atoms. The number of nitrogens with zero attached hydrogens (tertiary/aromatic N) is 3. The number of carbonyl (C=O) groups is 1. The fourth-order valence-electron chi connectivity index (χ4n) is 4.28. The van der Waals surface area contributed by atoms with Crippen LogP contribution in [0.4, 0.5) is 0 Å². The molecule has 2 aliphatic rings. The Balaban J connectivity index is 1.20. The normalized spacial score (nSPS) is 17.6. The molecule has 0 aliphatic carbocycles. The molecule has 1 amide bonds. The Kier molecular flexibility index (Phi) is 6.92. The van der Waals surface area contributed by atoms with E-state index in [-0.39, 0.29) is 0 Å². The molecule has 162 valence electrons. The fourth-order valence-corrected chi connectivity index (χ4v) is 5.17. The molecule has 4 rings (SSSR count). The molecule has 0 atom stereocenters. The van der Waals surface area contributed by atoms with E-state index in [1.54, 1.807) is 14.2 Å². The first-order chi connectivity index (χ1) is 14.7. The highest BCUT2D eigenvalue weighted by atomic mass is 32.1. The van der Waals surface area contributed by atoms with Crippen LogP contribution < -0.4 is 9.47 Å². The number of thiophene rings is 1. The maximum atomic E-state index is 12.7. The second-order valence-electron chi connectivity index (χ2n) is 7.99. The zero-order chi connectivity index (χ0) is 20.9. The first-order valence-electron chi connectivity index (χ1n) is 10.6. The van der Waals surface area contributed by atoms with E-state index in [2.05, 4.69) is 33.4 Å². The van der Waals surface area contributed by atoms with Crippen molar-refractivity contribution in [1.82, 2.24) is 14.7 Å². The van der Waals surface area contributed by atoms with Crippen LogP contribution in [0.5, 0.6) is 11.5 Å². The number of benzene rings is 1. The molecule has 2 aromatic rings. The summed E-state index contributed by atoms with van der Waals surface area (Å²) in [6.45, 7) is 7.47. The van der Waals surface area contributed by atoms with Gasteiger partial charge in [0, 0.05) is 63.7 Å². The van der Waals surface area contributed by atoms with E-state index < -0.39 is 0 Å². The molecule has 0 radical (unpaired) electrons. The van der Waals surface area contributed by atoms with Crippen molar-refractivity contribution in [2.24, 2.45) is 0 Å². The van der Waals surface area contributed by atoms with Crippen molar-refractivity contribution < 1.29 is 14.3 Å². The van der Waals surface area contributed by atoms with E-state index in [1.165, 1.54) is 16.0 Å². The Labute approximate surface area is 183 Å². The number of rotatable bonds is 7. The van der Waals surface area contributed by atoms with Crippen LogP contribution in [0.15, 0.2) is 29.6 Å². The molecular weight excluding hydrogens is 398 g/mol. The van der Waals surface area contributed by atoms with Crippen LogP contribution in [-0.2, 0) is 24.3 Å². The van der Waals surface area contributed by atoms with E-state index in [1.807, 2.05) is 22.3 Å². The van der Waals surface area contributed by atoms with Crippen molar-refractivity contribution in [1.29, 1.82) is 0 Å². The van der Waals surface area contributed by atoms with Crippen LogP contribution in [0, 0.1) is 0 Å². The minimum absolute atomic E-state index is 0.291. The van der Waals surface area contributed by atoms with Crippen molar-refractivity contribution in [3.8, 4) is 11.5 Å². The minimum Gasteiger partial charge on any atom is -0.493 e. The van der Waals surface area contributed by atoms with E-state index >= 15 is 0 Å². The summed E-state index contributed by atoms with van der Waals surface area (Å²) in [6.07, 6.45) is 1.63. The molecule has 2 aliphatic heterocycles. The molecular formula is C23H31N3O3S. The van der Waals surface area contributed by atoms with Crippen LogP contribution in [0.2, 0.25) is 0 Å². The highest BCUT2D eigenvalue weighted by molar-refractivity contribution is 7.10. The predicted octanol–water partition coefficient (Wildman–Crippen LogP) is 2.86. The molecule has 0 N–H and O–H groups in total. The second-order valence-corrected chi connectivity index (χ2v) is 8.99. The quantitative estimate of drug-likeness (QED) is 0.677. The lowest BCUT2D eigenvalue weighted by Crippen LogP contribution is -2.47. The van der Waals surface area contributed by atoms with E-state index in [0.717, 1.165) is 70.3 Å². The highest BCUT2D eigenvalue weighted by Crippen LogP contribution is 2.28. The summed E-state index contributed by atoms with van der Waals surface area (Å²) in [6, 6.07) is 8.29. The summed E-state index contributed by atoms with van der Waals surface area (Å²) in [7, 11) is 3.33. The lowest BCUT2D eigenvalue weighted by molar-refractivity contribution is -0.132. The third-order valence-corrected chi connectivity index (χ3v) is 7.14. The molecule has 0 bridgehead atoms. The standard InChI is InChI=1S/C23H31N3O3S/c1-28-20-4-3-18(15-21(20)29-2)16-25-12-10-24(11-13-25)8-6-23(27)26-9-5-22-19(17-26)7-14-30-22/h3-4,7,14-15H,5-6,8-13,16-17H2,1-2H3. The lowest BCUT2D eigenvalue weighted by atomic mass is 10.1. The maximum absolute atomic E-state index is 12.7. The zero-order valence-corrected chi connectivity index (χ0v) is 18.7. The number of ether oxygens (including phenoxy) is 2. The molecule has 1 fully saturated rings. The fraction of sp³-hybridized carbons (Fsp3) is 0.522. The first kappa shape index (κ1) is 21.2. The van der Waals surface area contributed by atoms with Crippen molar-refractivity contribution in [2.45, 2.75) is 25.9 Å². The summed E-state index contributed by atoms with van der Waals surface area (Å²) in [4.78, 5) is 21.0. The zero-order valence-electron chi connectivity index (χ0n) is 17.9. The Hall–Kier alpha value is -2.09. The average Bonchev–Trinajstić information content (AvgIpc) is 3.26. The van der Waals surface area contributed by atoms with Gasteiger partial charge in [-0.1, -0.05) is 6.07 Å². The Morgan fingerprint density at radius 1 is 1.00 bits per heavy atom. The molecule has 30 heavy (non-hydrogen) atoms. The SMILES string of the molecule is COc1ccc(CN2CCN(CCC(=O)N3CCc4sccc4C3)CC2)cc1OC. The molecule has 6 nitrogen and oxygen atoms in total. The monoisotopic (exact) mass is 429 g/mol. The van der Waals surface area contributed by atoms with Gasteiger partial charge >= 0.3 is 0 Å². The molecule has 1 aromatic carbocycles. The van der Waals surface area contributed by atoms with E-state index in [9.17, 15) is 4.79 Å². The van der Waals surface area contributed by atoms with Gasteiger partial charge in [-0.15, -0.1) is 11.3 Å². The molecule has 0 saturated carbocycles. The average molecular weight is 430 g/mol. The van der Waals surface area contributed by atoms with Gasteiger partial charge in [0.2, 0.25) is 5.91 Å². The number of hydrogen-bond donors (Lipinski definition) is 0. The van der Waals surface area contributed by atoms with Gasteiger partial charge in [0.1, 0.15) is 0 Å². The van der Waals surface area contributed by atoms with Gasteiger partial charge in [-0.05, 0) is 41.1 Å². The van der Waals surface area contributed by atoms with Crippen molar-refractivity contribution >= 4 is 17.2 Å². The largest absolute Gasteiger partial charge is 0.493 e. The number of amides is 1. The van der Waals surface area contributed by atoms with Crippen LogP contribution in [0.1, 0.15) is 22.4 Å². The predicted molar refractivity (Wildman–Crippen MR) is 119 cm³/mol. The third kappa shape index (κ3) is 4.96. The van der Waals surface area contributed by atoms with E-state index in [0.29, 0.717) is 12.3 Å². The van der Waals surface area contributed by atoms with Crippen molar-refractivity contribution in [2.75, 3.05) is 53.5 Å². The third-order valence-electron chi connectivity index (χ3n) is 6.12. The number of methoxy groups -OCH3 is 2. The maximum Gasteiger partial charge on any atom is 0.224 e. The first-order valence-corrected chi connectivity index (χ1v) is 11.5. The molecule has 3 heterocycles. The number of carbonyl (C=O) groups excluding carboxylic acids is 1. The summed E-state index contributed by atoms with van der Waals surface area (Å²) >= 11 is 1.82. The lowest BCUT2D eigenvalue weighted by Gasteiger charge is -2.35. The van der Waals surface area contributed by atoms with Crippen molar-refractivity contribution in [3.05, 3.63) is 45.6 Å². The minimum atomic E-state index is 0.291. The van der Waals surface area contributed by atoms with Crippen LogP contribution >= 0.6 is 11.3 Å². The molecule has 7 heteroatoms. The molecule has 0 unspecified atom stereocenters. The van der Waals surface area contributed by atoms with Gasteiger partial charge in [-0.3, -0.25) is 9.69 Å². The Morgan fingerprint density at radius 3 is 2.53 bits per heavy atom. The smallest absolute Gasteiger partial charge is 0.224 e. The summed E-state index contributed by atoms with van der Waals surface area (Å²) in [5, 5.41) is 2.14. The van der Waals surface area contributed by atoms with Crippen LogP contribution in [0.25, 0.3) is 0 Å². The van der Waals surface area contributed by atoms with E-state index in [4.69, 9.17) is 9.47 Å². The second kappa shape index (κ2) is 9.81. The number of piperazine rings is 1. The summed E-state index contributed by atoms with van der Waals surface area (Å²) in [5.74, 6) is 1.83. The summed E-state index contributed by atoms with van der Waals surface area (Å²) in [5.41, 5.74) is 2.57. The van der Waals surface area contributed by atoms with Gasteiger partial charge in [-0.25, -0.2) is 0 Å².